The van der Waals surface area contributed by atoms with E-state index >= 15 is 0 Å². The molecule has 1 unspecified atom stereocenters. The summed E-state index contributed by atoms with van der Waals surface area (Å²) in [5.74, 6) is -0.537. The molecule has 1 atom stereocenters. The molecule has 0 bridgehead atoms. The zero-order chi connectivity index (χ0) is 12.1. The van der Waals surface area contributed by atoms with Gasteiger partial charge in [0.1, 0.15) is 0 Å². The Morgan fingerprint density at radius 3 is 2.94 bits per heavy atom. The molecule has 88 valence electrons. The first-order valence-corrected chi connectivity index (χ1v) is 5.49. The quantitative estimate of drug-likeness (QED) is 0.450. The van der Waals surface area contributed by atoms with E-state index in [1.165, 1.54) is 18.4 Å². The summed E-state index contributed by atoms with van der Waals surface area (Å²) in [6, 6.07) is 1.33. The van der Waals surface area contributed by atoms with Gasteiger partial charge in [0.05, 0.1) is 11.5 Å². The molecule has 0 aliphatic rings. The number of carbonyl (C=O) groups is 1. The standard InChI is InChI=1S/C9H11NO5S/c1-3-14-8(11)6(2)15-9-7(10(12)13)4-5-16-9/h4-6H,3H2,1-2H3. The minimum absolute atomic E-state index is 0.116. The van der Waals surface area contributed by atoms with Crippen LogP contribution in [0.15, 0.2) is 11.4 Å². The van der Waals surface area contributed by atoms with Gasteiger partial charge in [-0.2, -0.15) is 0 Å². The van der Waals surface area contributed by atoms with E-state index in [9.17, 15) is 14.9 Å². The number of nitrogens with zero attached hydrogens (tertiary/aromatic N) is 1. The van der Waals surface area contributed by atoms with Gasteiger partial charge in [-0.05, 0) is 13.8 Å². The van der Waals surface area contributed by atoms with Crippen molar-refractivity contribution in [1.29, 1.82) is 0 Å². The van der Waals surface area contributed by atoms with Gasteiger partial charge < -0.3 is 9.47 Å². The van der Waals surface area contributed by atoms with Crippen molar-refractivity contribution < 1.29 is 19.2 Å². The molecular weight excluding hydrogens is 234 g/mol. The summed E-state index contributed by atoms with van der Waals surface area (Å²) in [6.45, 7) is 3.42. The minimum Gasteiger partial charge on any atom is -0.464 e. The molecule has 6 nitrogen and oxygen atoms in total. The molecule has 7 heteroatoms. The van der Waals surface area contributed by atoms with Crippen LogP contribution in [-0.4, -0.2) is 23.6 Å². The van der Waals surface area contributed by atoms with E-state index in [-0.39, 0.29) is 17.4 Å². The third-order valence-electron chi connectivity index (χ3n) is 1.71. The van der Waals surface area contributed by atoms with E-state index in [1.807, 2.05) is 0 Å². The molecule has 1 heterocycles. The van der Waals surface area contributed by atoms with Gasteiger partial charge in [-0.3, -0.25) is 10.1 Å². The van der Waals surface area contributed by atoms with E-state index in [4.69, 9.17) is 9.47 Å². The lowest BCUT2D eigenvalue weighted by atomic mass is 10.4. The Labute approximate surface area is 95.9 Å². The van der Waals surface area contributed by atoms with Crippen LogP contribution in [0.4, 0.5) is 5.69 Å². The van der Waals surface area contributed by atoms with Crippen molar-refractivity contribution in [2.75, 3.05) is 6.61 Å². The largest absolute Gasteiger partial charge is 0.464 e. The van der Waals surface area contributed by atoms with Gasteiger partial charge in [0.2, 0.25) is 0 Å². The van der Waals surface area contributed by atoms with E-state index in [0.29, 0.717) is 0 Å². The predicted octanol–water partition coefficient (Wildman–Crippen LogP) is 1.99. The van der Waals surface area contributed by atoms with Crippen molar-refractivity contribution in [1.82, 2.24) is 0 Å². The molecule has 0 saturated heterocycles. The second-order valence-corrected chi connectivity index (χ2v) is 3.74. The maximum atomic E-state index is 11.2. The molecule has 1 aromatic rings. The molecule has 0 aliphatic heterocycles. The average molecular weight is 245 g/mol. The number of hydrogen-bond acceptors (Lipinski definition) is 6. The first-order chi connectivity index (χ1) is 7.56. The minimum atomic E-state index is -0.850. The second-order valence-electron chi connectivity index (χ2n) is 2.86. The van der Waals surface area contributed by atoms with Crippen molar-refractivity contribution in [3.05, 3.63) is 21.6 Å². The Morgan fingerprint density at radius 2 is 2.38 bits per heavy atom. The Bertz CT molecular complexity index is 389. The van der Waals surface area contributed by atoms with E-state index in [1.54, 1.807) is 6.92 Å². The highest BCUT2D eigenvalue weighted by atomic mass is 32.1. The van der Waals surface area contributed by atoms with Crippen LogP contribution in [0.2, 0.25) is 0 Å². The van der Waals surface area contributed by atoms with Crippen LogP contribution in [0, 0.1) is 10.1 Å². The van der Waals surface area contributed by atoms with E-state index < -0.39 is 17.0 Å². The van der Waals surface area contributed by atoms with Gasteiger partial charge in [0.15, 0.2) is 6.10 Å². The van der Waals surface area contributed by atoms with Crippen molar-refractivity contribution in [2.24, 2.45) is 0 Å². The highest BCUT2D eigenvalue weighted by molar-refractivity contribution is 7.12. The summed E-state index contributed by atoms with van der Waals surface area (Å²) in [7, 11) is 0. The van der Waals surface area contributed by atoms with Crippen molar-refractivity contribution in [2.45, 2.75) is 20.0 Å². The second kappa shape index (κ2) is 5.45. The summed E-state index contributed by atoms with van der Waals surface area (Å²) < 4.78 is 9.89. The van der Waals surface area contributed by atoms with Gasteiger partial charge in [-0.25, -0.2) is 4.79 Å². The van der Waals surface area contributed by atoms with Crippen LogP contribution >= 0.6 is 11.3 Å². The average Bonchev–Trinajstić information content (AvgIpc) is 2.66. The Morgan fingerprint density at radius 1 is 1.69 bits per heavy atom. The van der Waals surface area contributed by atoms with Crippen LogP contribution in [0.3, 0.4) is 0 Å². The summed E-state index contributed by atoms with van der Waals surface area (Å²) in [5.41, 5.74) is -0.138. The van der Waals surface area contributed by atoms with E-state index in [2.05, 4.69) is 0 Å². The Balaban J connectivity index is 2.69. The topological polar surface area (TPSA) is 78.7 Å². The SMILES string of the molecule is CCOC(=O)C(C)Oc1sccc1[N+](=O)[O-]. The first kappa shape index (κ1) is 12.4. The number of hydrogen-bond donors (Lipinski definition) is 0. The monoisotopic (exact) mass is 245 g/mol. The first-order valence-electron chi connectivity index (χ1n) is 4.61. The highest BCUT2D eigenvalue weighted by Crippen LogP contribution is 2.33. The highest BCUT2D eigenvalue weighted by Gasteiger charge is 2.22. The number of ether oxygens (including phenoxy) is 2. The van der Waals surface area contributed by atoms with Gasteiger partial charge in [-0.1, -0.05) is 0 Å². The zero-order valence-corrected chi connectivity index (χ0v) is 9.65. The summed E-state index contributed by atoms with van der Waals surface area (Å²) >= 11 is 1.07. The van der Waals surface area contributed by atoms with Crippen LogP contribution < -0.4 is 4.74 Å². The fourth-order valence-corrected chi connectivity index (χ4v) is 1.76. The molecule has 0 N–H and O–H groups in total. The fourth-order valence-electron chi connectivity index (χ4n) is 0.981. The molecule has 0 saturated carbocycles. The van der Waals surface area contributed by atoms with Gasteiger partial charge in [0.25, 0.3) is 5.06 Å². The molecule has 0 aromatic carbocycles. The van der Waals surface area contributed by atoms with Crippen molar-refractivity contribution in [3.8, 4) is 5.06 Å². The predicted molar refractivity (Wildman–Crippen MR) is 57.7 cm³/mol. The van der Waals surface area contributed by atoms with Crippen molar-refractivity contribution >= 4 is 23.0 Å². The molecule has 0 spiro atoms. The summed E-state index contributed by atoms with van der Waals surface area (Å²) in [4.78, 5) is 21.3. The lowest BCUT2D eigenvalue weighted by molar-refractivity contribution is -0.385. The lowest BCUT2D eigenvalue weighted by Crippen LogP contribution is -2.25. The number of esters is 1. The molecular formula is C9H11NO5S. The molecule has 0 aliphatic carbocycles. The lowest BCUT2D eigenvalue weighted by Gasteiger charge is -2.10. The number of nitro groups is 1. The van der Waals surface area contributed by atoms with Gasteiger partial charge >= 0.3 is 11.7 Å². The van der Waals surface area contributed by atoms with Gasteiger partial charge in [0, 0.05) is 11.4 Å². The molecule has 1 aromatic heterocycles. The normalized spacial score (nSPS) is 11.9. The Kier molecular flexibility index (Phi) is 4.24. The maximum Gasteiger partial charge on any atom is 0.347 e. The van der Waals surface area contributed by atoms with Crippen LogP contribution in [0.1, 0.15) is 13.8 Å². The fraction of sp³-hybridized carbons (Fsp3) is 0.444. The third-order valence-corrected chi connectivity index (χ3v) is 2.50. The number of rotatable bonds is 5. The number of carbonyl (C=O) groups excluding carboxylic acids is 1. The van der Waals surface area contributed by atoms with Crippen LogP contribution in [0.5, 0.6) is 5.06 Å². The van der Waals surface area contributed by atoms with Gasteiger partial charge in [-0.15, -0.1) is 11.3 Å². The van der Waals surface area contributed by atoms with Crippen LogP contribution in [-0.2, 0) is 9.53 Å². The summed E-state index contributed by atoms with van der Waals surface area (Å²) in [6.07, 6.45) is -0.850. The van der Waals surface area contributed by atoms with Crippen LogP contribution in [0.25, 0.3) is 0 Å². The summed E-state index contributed by atoms with van der Waals surface area (Å²) in [5, 5.41) is 12.2. The number of thiophene rings is 1. The molecule has 0 radical (unpaired) electrons. The molecule has 1 rings (SSSR count). The smallest absolute Gasteiger partial charge is 0.347 e. The van der Waals surface area contributed by atoms with E-state index in [0.717, 1.165) is 11.3 Å². The Hall–Kier alpha value is -1.63. The molecule has 0 fully saturated rings. The molecule has 0 amide bonds. The maximum absolute atomic E-state index is 11.2. The molecule has 16 heavy (non-hydrogen) atoms. The third kappa shape index (κ3) is 2.93. The van der Waals surface area contributed by atoms with Crippen molar-refractivity contribution in [3.63, 3.8) is 0 Å². The zero-order valence-electron chi connectivity index (χ0n) is 8.84.